The van der Waals surface area contributed by atoms with Gasteiger partial charge in [-0.3, -0.25) is 14.9 Å². The number of hydrogen-bond donors (Lipinski definition) is 1. The third-order valence-electron chi connectivity index (χ3n) is 3.65. The fourth-order valence-electron chi connectivity index (χ4n) is 2.37. The Labute approximate surface area is 148 Å². The molecule has 0 unspecified atom stereocenters. The summed E-state index contributed by atoms with van der Waals surface area (Å²) in [5.74, 6) is -2.17. The molecule has 9 heteroatoms. The van der Waals surface area contributed by atoms with Gasteiger partial charge >= 0.3 is 6.03 Å². The minimum Gasteiger partial charge on any atom is -0.480 e. The molecule has 1 aromatic carbocycles. The Hall–Kier alpha value is -3.62. The largest absolute Gasteiger partial charge is 0.480 e. The number of carbonyl (C=O) groups is 3. The molecule has 0 aliphatic carbocycles. The number of hydrogen-bond acceptors (Lipinski definition) is 7. The summed E-state index contributed by atoms with van der Waals surface area (Å²) in [7, 11) is 1.45. The van der Waals surface area contributed by atoms with Crippen LogP contribution in [0.5, 0.6) is 5.88 Å². The summed E-state index contributed by atoms with van der Waals surface area (Å²) >= 11 is 0. The van der Waals surface area contributed by atoms with Crippen molar-refractivity contribution >= 4 is 35.6 Å². The van der Waals surface area contributed by atoms with Crippen LogP contribution < -0.4 is 15.0 Å². The van der Waals surface area contributed by atoms with Gasteiger partial charge < -0.3 is 4.74 Å². The van der Waals surface area contributed by atoms with Gasteiger partial charge in [-0.1, -0.05) is 12.1 Å². The highest BCUT2D eigenvalue weighted by Crippen LogP contribution is 2.21. The van der Waals surface area contributed by atoms with Crippen molar-refractivity contribution in [1.29, 1.82) is 0 Å². The Morgan fingerprint density at radius 2 is 2.00 bits per heavy atom. The van der Waals surface area contributed by atoms with Crippen LogP contribution in [-0.4, -0.2) is 41.4 Å². The number of aromatic nitrogens is 2. The van der Waals surface area contributed by atoms with E-state index in [1.807, 2.05) is 13.0 Å². The molecule has 3 rings (SSSR count). The molecule has 1 fully saturated rings. The van der Waals surface area contributed by atoms with E-state index in [0.29, 0.717) is 11.6 Å². The minimum absolute atomic E-state index is 0.199. The fourth-order valence-corrected chi connectivity index (χ4v) is 2.37. The summed E-state index contributed by atoms with van der Waals surface area (Å²) in [5, 5.41) is 9.70. The molecule has 2 aromatic rings. The molecule has 1 N–H and O–H groups in total. The number of aryl methyl sites for hydroxylation is 1. The van der Waals surface area contributed by atoms with E-state index >= 15 is 0 Å². The van der Waals surface area contributed by atoms with Crippen molar-refractivity contribution in [3.8, 4) is 5.88 Å². The lowest BCUT2D eigenvalue weighted by Gasteiger charge is -2.28. The molecular weight excluding hydrogens is 338 g/mol. The monoisotopic (exact) mass is 353 g/mol. The van der Waals surface area contributed by atoms with Gasteiger partial charge in [-0.15, -0.1) is 10.2 Å². The van der Waals surface area contributed by atoms with Crippen LogP contribution >= 0.6 is 0 Å². The van der Waals surface area contributed by atoms with Crippen molar-refractivity contribution in [3.05, 3.63) is 42.0 Å². The predicted octanol–water partition coefficient (Wildman–Crippen LogP) is 1.40. The van der Waals surface area contributed by atoms with E-state index in [4.69, 9.17) is 4.74 Å². The Morgan fingerprint density at radius 3 is 2.65 bits per heavy atom. The van der Waals surface area contributed by atoms with Gasteiger partial charge in [-0.05, 0) is 30.7 Å². The van der Waals surface area contributed by atoms with Crippen molar-refractivity contribution in [1.82, 2.24) is 15.5 Å². The topological polar surface area (TPSA) is 114 Å². The third kappa shape index (κ3) is 3.41. The maximum Gasteiger partial charge on any atom is 0.335 e. The van der Waals surface area contributed by atoms with Gasteiger partial charge in [0.1, 0.15) is 0 Å². The molecule has 1 aliphatic rings. The van der Waals surface area contributed by atoms with E-state index < -0.39 is 23.8 Å². The molecule has 26 heavy (non-hydrogen) atoms. The van der Waals surface area contributed by atoms with E-state index in [1.165, 1.54) is 13.2 Å². The highest BCUT2D eigenvalue weighted by molar-refractivity contribution is 6.32. The van der Waals surface area contributed by atoms with Gasteiger partial charge in [0.25, 0.3) is 5.91 Å². The number of ether oxygens (including phenoxy) is 1. The van der Waals surface area contributed by atoms with Crippen molar-refractivity contribution in [3.63, 3.8) is 0 Å². The van der Waals surface area contributed by atoms with Crippen molar-refractivity contribution < 1.29 is 19.1 Å². The van der Waals surface area contributed by atoms with Gasteiger partial charge in [0, 0.05) is 12.3 Å². The molecule has 1 saturated heterocycles. The molecule has 0 bridgehead atoms. The number of anilines is 1. The highest BCUT2D eigenvalue weighted by Gasteiger charge is 2.40. The lowest BCUT2D eigenvalue weighted by molar-refractivity contribution is -0.131. The zero-order valence-electron chi connectivity index (χ0n) is 14.0. The van der Waals surface area contributed by atoms with Crippen LogP contribution in [0.4, 0.5) is 16.3 Å². The SMILES string of the molecule is COc1ccc(N=C[C@@H]2C(=O)NC(=O)N(c3cccc(C)c3)C2=O)nn1. The van der Waals surface area contributed by atoms with Crippen molar-refractivity contribution in [2.75, 3.05) is 12.0 Å². The number of benzene rings is 1. The number of nitrogens with one attached hydrogen (secondary N) is 1. The molecule has 0 spiro atoms. The maximum absolute atomic E-state index is 12.7. The average molecular weight is 353 g/mol. The van der Waals surface area contributed by atoms with Crippen LogP contribution in [0, 0.1) is 12.8 Å². The van der Waals surface area contributed by atoms with Crippen LogP contribution in [0.2, 0.25) is 0 Å². The molecule has 132 valence electrons. The zero-order valence-corrected chi connectivity index (χ0v) is 14.0. The van der Waals surface area contributed by atoms with E-state index in [1.54, 1.807) is 24.3 Å². The Balaban J connectivity index is 1.86. The van der Waals surface area contributed by atoms with E-state index in [2.05, 4.69) is 20.5 Å². The number of amides is 4. The first-order valence-corrected chi connectivity index (χ1v) is 7.67. The van der Waals surface area contributed by atoms with Gasteiger partial charge in [0.15, 0.2) is 11.7 Å². The molecule has 0 saturated carbocycles. The normalized spacial score (nSPS) is 17.5. The second-order valence-electron chi connectivity index (χ2n) is 5.50. The van der Waals surface area contributed by atoms with E-state index in [-0.39, 0.29) is 5.82 Å². The molecule has 1 atom stereocenters. The van der Waals surface area contributed by atoms with Gasteiger partial charge in [-0.2, -0.15) is 0 Å². The third-order valence-corrected chi connectivity index (χ3v) is 3.65. The summed E-state index contributed by atoms with van der Waals surface area (Å²) in [5.41, 5.74) is 1.25. The molecule has 1 aromatic heterocycles. The van der Waals surface area contributed by atoms with Crippen molar-refractivity contribution in [2.45, 2.75) is 6.92 Å². The second kappa shape index (κ2) is 7.09. The predicted molar refractivity (Wildman–Crippen MR) is 92.4 cm³/mol. The molecular formula is C17H15N5O4. The van der Waals surface area contributed by atoms with E-state index in [0.717, 1.165) is 16.7 Å². The van der Waals surface area contributed by atoms with Gasteiger partial charge in [-0.25, -0.2) is 14.7 Å². The average Bonchev–Trinajstić information content (AvgIpc) is 2.62. The van der Waals surface area contributed by atoms with Crippen LogP contribution in [0.25, 0.3) is 0 Å². The summed E-state index contributed by atoms with van der Waals surface area (Å²) in [6, 6.07) is 9.13. The summed E-state index contributed by atoms with van der Waals surface area (Å²) in [6.07, 6.45) is 1.14. The number of urea groups is 1. The molecule has 1 aliphatic heterocycles. The number of nitrogens with zero attached hydrogens (tertiary/aromatic N) is 4. The Bertz CT molecular complexity index is 894. The first kappa shape index (κ1) is 17.2. The number of rotatable bonds is 4. The number of methoxy groups -OCH3 is 1. The number of barbiturate groups is 1. The minimum atomic E-state index is -1.25. The quantitative estimate of drug-likeness (QED) is 0.656. The van der Waals surface area contributed by atoms with Crippen LogP contribution in [0.1, 0.15) is 5.56 Å². The van der Waals surface area contributed by atoms with Crippen molar-refractivity contribution in [2.24, 2.45) is 10.9 Å². The lowest BCUT2D eigenvalue weighted by atomic mass is 10.1. The Morgan fingerprint density at radius 1 is 1.19 bits per heavy atom. The Kier molecular flexibility index (Phi) is 4.70. The highest BCUT2D eigenvalue weighted by atomic mass is 16.5. The second-order valence-corrected chi connectivity index (χ2v) is 5.50. The van der Waals surface area contributed by atoms with Gasteiger partial charge in [0.2, 0.25) is 11.8 Å². The molecule has 4 amide bonds. The first-order chi connectivity index (χ1) is 12.5. The summed E-state index contributed by atoms with van der Waals surface area (Å²) < 4.78 is 4.89. The first-order valence-electron chi connectivity index (χ1n) is 7.67. The number of aliphatic imine (C=N–C) groups is 1. The fraction of sp³-hybridized carbons (Fsp3) is 0.176. The van der Waals surface area contributed by atoms with Crippen LogP contribution in [0.3, 0.4) is 0 Å². The lowest BCUT2D eigenvalue weighted by Crippen LogP contribution is -2.58. The maximum atomic E-state index is 12.7. The summed E-state index contributed by atoms with van der Waals surface area (Å²) in [4.78, 5) is 41.8. The molecule has 2 heterocycles. The summed E-state index contributed by atoms with van der Waals surface area (Å²) in [6.45, 7) is 1.84. The van der Waals surface area contributed by atoms with Crippen LogP contribution in [-0.2, 0) is 9.59 Å². The molecule has 9 nitrogen and oxygen atoms in total. The molecule has 0 radical (unpaired) electrons. The standard InChI is InChI=1S/C17H15N5O4/c1-10-4-3-5-11(8-10)22-16(24)12(15(23)19-17(22)25)9-18-13-6-7-14(26-2)21-20-13/h3-9,12H,1-2H3,(H,19,23,25)/t12-/m1/s1. The number of carbonyl (C=O) groups excluding carboxylic acids is 3. The zero-order chi connectivity index (χ0) is 18.7. The smallest absolute Gasteiger partial charge is 0.335 e. The van der Waals surface area contributed by atoms with Gasteiger partial charge in [0.05, 0.1) is 12.8 Å². The van der Waals surface area contributed by atoms with E-state index in [9.17, 15) is 14.4 Å². The number of imide groups is 2. The van der Waals surface area contributed by atoms with Crippen LogP contribution in [0.15, 0.2) is 41.4 Å².